The maximum Gasteiger partial charge on any atom is 0.487 e. The van der Waals surface area contributed by atoms with E-state index in [-0.39, 0.29) is 11.2 Å². The summed E-state index contributed by atoms with van der Waals surface area (Å²) < 4.78 is 11.8. The van der Waals surface area contributed by atoms with Crippen molar-refractivity contribution in [3.05, 3.63) is 28.3 Å². The summed E-state index contributed by atoms with van der Waals surface area (Å²) in [6.45, 7) is 9.97. The highest BCUT2D eigenvalue weighted by molar-refractivity contribution is 6.52. The first-order chi connectivity index (χ1) is 9.14. The summed E-state index contributed by atoms with van der Waals surface area (Å²) in [5.74, 6) is 2.28. The Bertz CT molecular complexity index is 542. The van der Waals surface area contributed by atoms with Crippen LogP contribution >= 0.6 is 11.6 Å². The van der Waals surface area contributed by atoms with Crippen LogP contribution in [0.25, 0.3) is 6.08 Å². The molecule has 1 fully saturated rings. The Balaban J connectivity index is 2.22. The van der Waals surface area contributed by atoms with E-state index in [0.29, 0.717) is 10.8 Å². The van der Waals surface area contributed by atoms with E-state index in [2.05, 4.69) is 4.98 Å². The lowest BCUT2D eigenvalue weighted by Gasteiger charge is -2.32. The molecular weight excluding hydrogens is 274 g/mol. The number of nitrogens with two attached hydrogens (primary N) is 1. The normalized spacial score (nSPS) is 20.8. The molecule has 0 spiro atoms. The molecule has 2 heterocycles. The van der Waals surface area contributed by atoms with Crippen LogP contribution in [0.2, 0.25) is 5.02 Å². The van der Waals surface area contributed by atoms with Gasteiger partial charge in [0.1, 0.15) is 5.82 Å². The molecule has 4 nitrogen and oxygen atoms in total. The average Bonchev–Trinajstić information content (AvgIpc) is 2.53. The average molecular weight is 295 g/mol. The van der Waals surface area contributed by atoms with Gasteiger partial charge in [-0.3, -0.25) is 0 Å². The van der Waals surface area contributed by atoms with Crippen LogP contribution in [0.3, 0.4) is 0 Å². The first-order valence-corrected chi connectivity index (χ1v) is 6.96. The fraction of sp³-hybridized carbons (Fsp3) is 0.500. The van der Waals surface area contributed by atoms with E-state index in [1.807, 2.05) is 46.7 Å². The highest BCUT2D eigenvalue weighted by Crippen LogP contribution is 2.37. The van der Waals surface area contributed by atoms with Gasteiger partial charge in [0.15, 0.2) is 0 Å². The SMILES string of the molecule is Cc1c(Cl)cnc(N)c1/C=C/B1OC(C)(C)C(C)(C)O1. The molecule has 0 aromatic carbocycles. The van der Waals surface area contributed by atoms with E-state index in [4.69, 9.17) is 26.6 Å². The summed E-state index contributed by atoms with van der Waals surface area (Å²) >= 11 is 6.06. The van der Waals surface area contributed by atoms with Gasteiger partial charge in [-0.25, -0.2) is 4.98 Å². The van der Waals surface area contributed by atoms with Gasteiger partial charge in [0.25, 0.3) is 0 Å². The summed E-state index contributed by atoms with van der Waals surface area (Å²) in [6.07, 6.45) is 3.41. The van der Waals surface area contributed by atoms with Crippen molar-refractivity contribution in [2.45, 2.75) is 45.8 Å². The number of rotatable bonds is 2. The lowest BCUT2D eigenvalue weighted by atomic mass is 9.88. The Kier molecular flexibility index (Phi) is 3.89. The molecule has 1 aliphatic rings. The van der Waals surface area contributed by atoms with Gasteiger partial charge in [-0.05, 0) is 40.2 Å². The van der Waals surface area contributed by atoms with E-state index in [1.165, 1.54) is 0 Å². The third-order valence-electron chi connectivity index (χ3n) is 4.05. The quantitative estimate of drug-likeness (QED) is 0.851. The highest BCUT2D eigenvalue weighted by Gasteiger charge is 2.50. The summed E-state index contributed by atoms with van der Waals surface area (Å²) in [7, 11) is -0.405. The molecule has 108 valence electrons. The fourth-order valence-electron chi connectivity index (χ4n) is 1.97. The molecule has 0 unspecified atom stereocenters. The maximum absolute atomic E-state index is 6.06. The van der Waals surface area contributed by atoms with Gasteiger partial charge in [-0.1, -0.05) is 23.7 Å². The van der Waals surface area contributed by atoms with E-state index in [0.717, 1.165) is 11.1 Å². The first kappa shape index (κ1) is 15.4. The zero-order valence-corrected chi connectivity index (χ0v) is 13.3. The lowest BCUT2D eigenvalue weighted by molar-refractivity contribution is 0.00578. The van der Waals surface area contributed by atoms with E-state index in [1.54, 1.807) is 6.20 Å². The Labute approximate surface area is 125 Å². The minimum atomic E-state index is -0.405. The number of nitrogen functional groups attached to an aromatic ring is 1. The van der Waals surface area contributed by atoms with Crippen LogP contribution < -0.4 is 5.73 Å². The first-order valence-electron chi connectivity index (χ1n) is 6.58. The van der Waals surface area contributed by atoms with E-state index in [9.17, 15) is 0 Å². The Morgan fingerprint density at radius 3 is 2.35 bits per heavy atom. The number of nitrogens with zero attached hydrogens (tertiary/aromatic N) is 1. The topological polar surface area (TPSA) is 57.4 Å². The van der Waals surface area contributed by atoms with Crippen molar-refractivity contribution in [3.63, 3.8) is 0 Å². The Morgan fingerprint density at radius 2 is 1.80 bits per heavy atom. The second kappa shape index (κ2) is 5.06. The largest absolute Gasteiger partial charge is 0.487 e. The highest BCUT2D eigenvalue weighted by atomic mass is 35.5. The molecule has 0 saturated carbocycles. The van der Waals surface area contributed by atoms with Gasteiger partial charge in [0, 0.05) is 11.8 Å². The minimum absolute atomic E-state index is 0.352. The zero-order valence-electron chi connectivity index (χ0n) is 12.5. The van der Waals surface area contributed by atoms with Crippen LogP contribution in [0.5, 0.6) is 0 Å². The van der Waals surface area contributed by atoms with Gasteiger partial charge in [0.2, 0.25) is 0 Å². The molecule has 20 heavy (non-hydrogen) atoms. The molecule has 0 aliphatic carbocycles. The molecule has 2 N–H and O–H groups in total. The molecule has 1 aromatic rings. The van der Waals surface area contributed by atoms with Gasteiger partial charge >= 0.3 is 7.12 Å². The summed E-state index contributed by atoms with van der Waals surface area (Å²) in [5, 5.41) is 0.591. The Hall–Kier alpha value is -1.04. The van der Waals surface area contributed by atoms with Crippen LogP contribution in [0.15, 0.2) is 12.2 Å². The number of anilines is 1. The molecule has 0 bridgehead atoms. The predicted octanol–water partition coefficient (Wildman–Crippen LogP) is 3.27. The second-order valence-electron chi connectivity index (χ2n) is 6.01. The van der Waals surface area contributed by atoms with Crippen LogP contribution in [0.1, 0.15) is 38.8 Å². The molecule has 0 radical (unpaired) electrons. The van der Waals surface area contributed by atoms with E-state index < -0.39 is 7.12 Å². The summed E-state index contributed by atoms with van der Waals surface area (Å²) in [5.41, 5.74) is 6.87. The predicted molar refractivity (Wildman–Crippen MR) is 83.5 cm³/mol. The molecule has 1 saturated heterocycles. The van der Waals surface area contributed by atoms with Crippen molar-refractivity contribution >= 4 is 30.6 Å². The molecule has 2 rings (SSSR count). The van der Waals surface area contributed by atoms with Crippen molar-refractivity contribution in [3.8, 4) is 0 Å². The molecule has 0 atom stereocenters. The molecule has 0 amide bonds. The van der Waals surface area contributed by atoms with Crippen LogP contribution in [-0.4, -0.2) is 23.3 Å². The van der Waals surface area contributed by atoms with Crippen molar-refractivity contribution in [1.29, 1.82) is 0 Å². The third kappa shape index (κ3) is 2.71. The number of hydrogen-bond acceptors (Lipinski definition) is 4. The van der Waals surface area contributed by atoms with Crippen LogP contribution in [0.4, 0.5) is 5.82 Å². The third-order valence-corrected chi connectivity index (χ3v) is 4.43. The van der Waals surface area contributed by atoms with Crippen molar-refractivity contribution in [2.24, 2.45) is 0 Å². The lowest BCUT2D eigenvalue weighted by Crippen LogP contribution is -2.41. The fourth-order valence-corrected chi connectivity index (χ4v) is 2.12. The molecule has 6 heteroatoms. The van der Waals surface area contributed by atoms with Crippen LogP contribution in [-0.2, 0) is 9.31 Å². The number of aromatic nitrogens is 1. The van der Waals surface area contributed by atoms with Crippen molar-refractivity contribution in [2.75, 3.05) is 5.73 Å². The number of pyridine rings is 1. The maximum atomic E-state index is 6.06. The minimum Gasteiger partial charge on any atom is -0.400 e. The summed E-state index contributed by atoms with van der Waals surface area (Å²) in [4.78, 5) is 4.05. The van der Waals surface area contributed by atoms with Gasteiger partial charge < -0.3 is 15.0 Å². The van der Waals surface area contributed by atoms with Crippen LogP contribution in [0, 0.1) is 6.92 Å². The smallest absolute Gasteiger partial charge is 0.400 e. The van der Waals surface area contributed by atoms with Gasteiger partial charge in [-0.2, -0.15) is 0 Å². The van der Waals surface area contributed by atoms with Crippen molar-refractivity contribution < 1.29 is 9.31 Å². The molecular formula is C14H20BClN2O2. The number of halogens is 1. The standard InChI is InChI=1S/C14H20BClN2O2/c1-9-10(12(17)18-8-11(9)16)6-7-15-19-13(2,3)14(4,5)20-15/h6-8H,1-5H3,(H2,17,18)/b7-6+. The van der Waals surface area contributed by atoms with Gasteiger partial charge in [-0.15, -0.1) is 0 Å². The van der Waals surface area contributed by atoms with Crippen molar-refractivity contribution in [1.82, 2.24) is 4.98 Å². The second-order valence-corrected chi connectivity index (χ2v) is 6.42. The van der Waals surface area contributed by atoms with Gasteiger partial charge in [0.05, 0.1) is 16.2 Å². The summed E-state index contributed by atoms with van der Waals surface area (Å²) in [6, 6.07) is 0. The molecule has 1 aliphatic heterocycles. The molecule has 1 aromatic heterocycles. The Morgan fingerprint density at radius 1 is 1.25 bits per heavy atom. The zero-order chi connectivity index (χ0) is 15.1. The monoisotopic (exact) mass is 294 g/mol. The number of hydrogen-bond donors (Lipinski definition) is 1. The van der Waals surface area contributed by atoms with E-state index >= 15 is 0 Å².